The molecule has 4 rings (SSSR count). The molecule has 1 saturated heterocycles. The zero-order valence-electron chi connectivity index (χ0n) is 17.1. The maximum absolute atomic E-state index is 12.4. The molecule has 2 aliphatic heterocycles. The number of carboxylic acids is 1. The van der Waals surface area contributed by atoms with Gasteiger partial charge in [-0.1, -0.05) is 30.8 Å². The fraction of sp³-hybridized carbons (Fsp3) is 0.300. The number of aromatic nitrogens is 1. The van der Waals surface area contributed by atoms with Crippen molar-refractivity contribution in [2.75, 3.05) is 0 Å². The molecule has 2 aromatic rings. The molecule has 0 radical (unpaired) electrons. The normalized spacial score (nSPS) is 23.1. The average Bonchev–Trinajstić information content (AvgIpc) is 3.24. The fourth-order valence-electron chi connectivity index (χ4n) is 4.01. The van der Waals surface area contributed by atoms with E-state index in [4.69, 9.17) is 5.73 Å². The van der Waals surface area contributed by atoms with Gasteiger partial charge in [0.25, 0.3) is 0 Å². The van der Waals surface area contributed by atoms with Crippen molar-refractivity contribution in [1.29, 1.82) is 0 Å². The molecule has 1 aromatic heterocycles. The van der Waals surface area contributed by atoms with Crippen LogP contribution in [-0.4, -0.2) is 44.9 Å². The van der Waals surface area contributed by atoms with E-state index in [0.717, 1.165) is 5.56 Å². The SMILES string of the molecule is C[C@H]1C(Sc2nc(-c3cccc(C(N)=O)c3)cs2)=C(C(=O)[O-])N2C(=O)[C@H]([C@@H](C)O)C12.[Na+]. The number of rotatable bonds is 6. The Bertz CT molecular complexity index is 1100. The first-order chi connectivity index (χ1) is 14.2. The Morgan fingerprint density at radius 1 is 1.39 bits per heavy atom. The molecule has 0 spiro atoms. The number of nitrogens with zero attached hydrogens (tertiary/aromatic N) is 2. The summed E-state index contributed by atoms with van der Waals surface area (Å²) in [5, 5.41) is 23.5. The second-order valence-corrected chi connectivity index (χ2v) is 9.45. The number of carbonyl (C=O) groups excluding carboxylic acids is 3. The van der Waals surface area contributed by atoms with Gasteiger partial charge in [0.15, 0.2) is 4.34 Å². The van der Waals surface area contributed by atoms with Gasteiger partial charge in [0.2, 0.25) is 11.8 Å². The van der Waals surface area contributed by atoms with E-state index in [9.17, 15) is 24.6 Å². The van der Waals surface area contributed by atoms with E-state index < -0.39 is 35.8 Å². The second kappa shape index (κ2) is 9.05. The summed E-state index contributed by atoms with van der Waals surface area (Å²) in [4.78, 5) is 41.9. The number of carbonyl (C=O) groups is 3. The average molecular weight is 468 g/mol. The van der Waals surface area contributed by atoms with Crippen molar-refractivity contribution in [1.82, 2.24) is 9.88 Å². The molecule has 1 aromatic carbocycles. The molecule has 156 valence electrons. The van der Waals surface area contributed by atoms with Crippen molar-refractivity contribution in [3.63, 3.8) is 0 Å². The van der Waals surface area contributed by atoms with Gasteiger partial charge in [-0.05, 0) is 19.1 Å². The molecule has 0 aliphatic carbocycles. The molecule has 3 heterocycles. The molecule has 2 aliphatic rings. The molecule has 1 fully saturated rings. The van der Waals surface area contributed by atoms with Gasteiger partial charge in [-0.2, -0.15) is 0 Å². The molecule has 4 atom stereocenters. The molecular weight excluding hydrogens is 449 g/mol. The minimum Gasteiger partial charge on any atom is -0.543 e. The quantitative estimate of drug-likeness (QED) is 0.364. The topological polar surface area (TPSA) is 137 Å². The molecular formula is C20H18N3NaO5S2. The Morgan fingerprint density at radius 3 is 2.71 bits per heavy atom. The number of carboxylic acid groups (broad SMARTS) is 1. The van der Waals surface area contributed by atoms with Crippen LogP contribution in [0.25, 0.3) is 11.3 Å². The van der Waals surface area contributed by atoms with Crippen molar-refractivity contribution in [3.05, 3.63) is 45.8 Å². The van der Waals surface area contributed by atoms with E-state index in [0.29, 0.717) is 20.5 Å². The van der Waals surface area contributed by atoms with Crippen molar-refractivity contribution >= 4 is 40.9 Å². The number of nitrogens with two attached hydrogens (primary N) is 1. The molecule has 11 heteroatoms. The third-order valence-corrected chi connectivity index (χ3v) is 7.65. The second-order valence-electron chi connectivity index (χ2n) is 7.30. The summed E-state index contributed by atoms with van der Waals surface area (Å²) < 4.78 is 0.596. The van der Waals surface area contributed by atoms with Gasteiger partial charge in [-0.25, -0.2) is 4.98 Å². The van der Waals surface area contributed by atoms with Crippen LogP contribution in [0, 0.1) is 11.8 Å². The largest absolute Gasteiger partial charge is 1.00 e. The summed E-state index contributed by atoms with van der Waals surface area (Å²) in [5.74, 6) is -3.26. The zero-order valence-corrected chi connectivity index (χ0v) is 20.7. The molecule has 1 unspecified atom stereocenters. The number of amides is 2. The first-order valence-corrected chi connectivity index (χ1v) is 10.9. The number of aliphatic carboxylic acids is 1. The number of aliphatic hydroxyl groups excluding tert-OH is 1. The summed E-state index contributed by atoms with van der Waals surface area (Å²) in [6.07, 6.45) is -0.863. The predicted molar refractivity (Wildman–Crippen MR) is 109 cm³/mol. The van der Waals surface area contributed by atoms with Gasteiger partial charge < -0.3 is 25.6 Å². The van der Waals surface area contributed by atoms with Gasteiger partial charge in [-0.3, -0.25) is 9.59 Å². The number of hydrogen-bond acceptors (Lipinski definition) is 8. The van der Waals surface area contributed by atoms with Gasteiger partial charge in [0.1, 0.15) is 0 Å². The first kappa shape index (κ1) is 24.0. The van der Waals surface area contributed by atoms with Crippen LogP contribution in [0.3, 0.4) is 0 Å². The number of aliphatic hydroxyl groups is 1. The van der Waals surface area contributed by atoms with Gasteiger partial charge in [-0.15, -0.1) is 11.3 Å². The van der Waals surface area contributed by atoms with Crippen molar-refractivity contribution in [2.45, 2.75) is 30.3 Å². The minimum absolute atomic E-state index is 0. The third kappa shape index (κ3) is 4.08. The van der Waals surface area contributed by atoms with Crippen LogP contribution >= 0.6 is 23.1 Å². The van der Waals surface area contributed by atoms with Crippen LogP contribution in [-0.2, 0) is 9.59 Å². The number of thiazole rings is 1. The monoisotopic (exact) mass is 467 g/mol. The van der Waals surface area contributed by atoms with Crippen molar-refractivity contribution in [3.8, 4) is 11.3 Å². The van der Waals surface area contributed by atoms with E-state index in [1.54, 1.807) is 29.6 Å². The smallest absolute Gasteiger partial charge is 0.543 e. The fourth-order valence-corrected chi connectivity index (χ4v) is 6.10. The Hall–Kier alpha value is -1.69. The maximum Gasteiger partial charge on any atom is 1.00 e. The predicted octanol–water partition coefficient (Wildman–Crippen LogP) is -2.18. The van der Waals surface area contributed by atoms with Crippen LogP contribution in [0.4, 0.5) is 0 Å². The summed E-state index contributed by atoms with van der Waals surface area (Å²) in [7, 11) is 0. The molecule has 0 saturated carbocycles. The molecule has 8 nitrogen and oxygen atoms in total. The molecule has 3 N–H and O–H groups in total. The number of benzene rings is 1. The maximum atomic E-state index is 12.4. The summed E-state index contributed by atoms with van der Waals surface area (Å²) in [6.45, 7) is 3.37. The molecule has 2 amide bonds. The van der Waals surface area contributed by atoms with Crippen molar-refractivity contribution in [2.24, 2.45) is 17.6 Å². The summed E-state index contributed by atoms with van der Waals surface area (Å²) in [5.41, 5.74) is 6.90. The Morgan fingerprint density at radius 2 is 2.10 bits per heavy atom. The Kier molecular flexibility index (Phi) is 6.99. The minimum atomic E-state index is -1.42. The first-order valence-electron chi connectivity index (χ1n) is 9.21. The van der Waals surface area contributed by atoms with Crippen molar-refractivity contribution < 1.29 is 54.2 Å². The number of β-lactam (4-membered cyclic amide) rings is 1. The Balaban J connectivity index is 0.00000272. The number of primary amides is 1. The van der Waals surface area contributed by atoms with Crippen LogP contribution in [0.1, 0.15) is 24.2 Å². The Labute approximate surface area is 208 Å². The summed E-state index contributed by atoms with van der Waals surface area (Å²) in [6, 6.07) is 6.38. The third-order valence-electron chi connectivity index (χ3n) is 5.43. The van der Waals surface area contributed by atoms with Gasteiger partial charge in [0.05, 0.1) is 35.4 Å². The van der Waals surface area contributed by atoms with Gasteiger partial charge in [0, 0.05) is 27.3 Å². The van der Waals surface area contributed by atoms with E-state index in [-0.39, 0.29) is 41.2 Å². The molecule has 31 heavy (non-hydrogen) atoms. The standard InChI is InChI=1S/C20H19N3O5S2.Na/c1-8-14-13(9(2)24)18(26)23(14)15(19(27)28)16(8)30-20-22-12(7-29-20)10-4-3-5-11(6-10)17(21)25;/h3-9,13-14,24H,1-2H3,(H2,21,25)(H,27,28);/q;+1/p-1/t8-,9-,13-,14?;/m1./s1. The van der Waals surface area contributed by atoms with Crippen LogP contribution in [0.5, 0.6) is 0 Å². The molecule has 0 bridgehead atoms. The summed E-state index contributed by atoms with van der Waals surface area (Å²) >= 11 is 2.51. The van der Waals surface area contributed by atoms with Crippen LogP contribution in [0.2, 0.25) is 0 Å². The van der Waals surface area contributed by atoms with Crippen LogP contribution in [0.15, 0.2) is 44.6 Å². The van der Waals surface area contributed by atoms with E-state index >= 15 is 0 Å². The van der Waals surface area contributed by atoms with Gasteiger partial charge >= 0.3 is 29.6 Å². The van der Waals surface area contributed by atoms with E-state index in [1.807, 2.05) is 6.92 Å². The number of hydrogen-bond donors (Lipinski definition) is 2. The van der Waals surface area contributed by atoms with E-state index in [2.05, 4.69) is 4.98 Å². The number of fused-ring (bicyclic) bond motifs is 1. The zero-order chi connectivity index (χ0) is 21.7. The number of thioether (sulfide) groups is 1. The van der Waals surface area contributed by atoms with Crippen LogP contribution < -0.4 is 40.4 Å². The van der Waals surface area contributed by atoms with E-state index in [1.165, 1.54) is 34.9 Å².